The van der Waals surface area contributed by atoms with Crippen molar-refractivity contribution in [1.29, 1.82) is 0 Å². The van der Waals surface area contributed by atoms with E-state index in [1.165, 1.54) is 16.9 Å². The fourth-order valence-electron chi connectivity index (χ4n) is 5.94. The third kappa shape index (κ3) is 3.52. The summed E-state index contributed by atoms with van der Waals surface area (Å²) in [6.07, 6.45) is 5.90. The molecule has 0 radical (unpaired) electrons. The Bertz CT molecular complexity index is 1600. The number of pyridine rings is 1. The highest BCUT2D eigenvalue weighted by molar-refractivity contribution is 6.04. The van der Waals surface area contributed by atoms with Crippen LogP contribution >= 0.6 is 0 Å². The predicted molar refractivity (Wildman–Crippen MR) is 136 cm³/mol. The quantitative estimate of drug-likeness (QED) is 0.427. The van der Waals surface area contributed by atoms with Crippen LogP contribution in [0.25, 0.3) is 16.8 Å². The van der Waals surface area contributed by atoms with E-state index < -0.39 is 17.7 Å². The molecule has 38 heavy (non-hydrogen) atoms. The lowest BCUT2D eigenvalue weighted by atomic mass is 9.93. The second kappa shape index (κ2) is 8.32. The van der Waals surface area contributed by atoms with Crippen LogP contribution < -0.4 is 10.2 Å². The van der Waals surface area contributed by atoms with Crippen molar-refractivity contribution in [1.82, 2.24) is 24.4 Å². The molecule has 0 bridgehead atoms. The molecule has 3 aliphatic rings. The number of rotatable bonds is 5. The SMILES string of the molecule is Cc1nc2c(N3CCOCC3)cc(-c3cc(NC(=O)c4cnn(C56CCC5C6)c4F)c(F)cc3C)cn2n1. The Kier molecular flexibility index (Phi) is 5.10. The number of carbonyl (C=O) groups is 1. The van der Waals surface area contributed by atoms with Gasteiger partial charge in [-0.1, -0.05) is 0 Å². The normalized spacial score (nSPS) is 22.3. The molecule has 9 nitrogen and oxygen atoms in total. The molecule has 1 saturated heterocycles. The predicted octanol–water partition coefficient (Wildman–Crippen LogP) is 4.09. The first-order valence-electron chi connectivity index (χ1n) is 12.9. The Balaban J connectivity index is 1.24. The summed E-state index contributed by atoms with van der Waals surface area (Å²) in [4.78, 5) is 19.8. The van der Waals surface area contributed by atoms with Crippen molar-refractivity contribution < 1.29 is 18.3 Å². The van der Waals surface area contributed by atoms with Crippen LogP contribution in [-0.2, 0) is 10.3 Å². The second-order valence-electron chi connectivity index (χ2n) is 10.5. The van der Waals surface area contributed by atoms with Crippen LogP contribution in [0.15, 0.2) is 30.6 Å². The van der Waals surface area contributed by atoms with E-state index in [-0.39, 0.29) is 16.8 Å². The molecule has 2 atom stereocenters. The Morgan fingerprint density at radius 2 is 2.00 bits per heavy atom. The molecule has 2 saturated carbocycles. The average molecular weight is 520 g/mol. The first kappa shape index (κ1) is 23.3. The first-order chi connectivity index (χ1) is 18.3. The molecule has 3 fully saturated rings. The van der Waals surface area contributed by atoms with Gasteiger partial charge in [0.15, 0.2) is 5.65 Å². The second-order valence-corrected chi connectivity index (χ2v) is 10.5. The molecular formula is C27H27F2N7O2. The van der Waals surface area contributed by atoms with E-state index in [4.69, 9.17) is 4.74 Å². The number of carbonyl (C=O) groups excluding carboxylic acids is 1. The number of hydrogen-bond donors (Lipinski definition) is 1. The van der Waals surface area contributed by atoms with E-state index in [1.807, 2.05) is 26.1 Å². The number of anilines is 2. The molecule has 2 aliphatic carbocycles. The summed E-state index contributed by atoms with van der Waals surface area (Å²) < 4.78 is 38.7. The van der Waals surface area contributed by atoms with Gasteiger partial charge in [-0.15, -0.1) is 0 Å². The molecule has 196 valence electrons. The minimum absolute atomic E-state index is 0.0309. The maximum Gasteiger partial charge on any atom is 0.262 e. The Labute approximate surface area is 217 Å². The van der Waals surface area contributed by atoms with Crippen molar-refractivity contribution in [3.63, 3.8) is 0 Å². The van der Waals surface area contributed by atoms with Gasteiger partial charge < -0.3 is 15.0 Å². The van der Waals surface area contributed by atoms with Crippen LogP contribution in [0, 0.1) is 31.5 Å². The standard InChI is InChI=1S/C27H27F2N7O2/c1-15-9-21(28)22(32-26(37)20-13-30-36(24(20)29)27-4-3-18(27)12-27)11-19(15)17-10-23(34-5-7-38-8-6-34)25-31-16(2)33-35(25)14-17/h9-11,13-14,18H,3-8,12H2,1-2H3,(H,32,37). The number of amides is 1. The van der Waals surface area contributed by atoms with Gasteiger partial charge in [0.25, 0.3) is 5.91 Å². The van der Waals surface area contributed by atoms with Crippen LogP contribution in [0.2, 0.25) is 0 Å². The van der Waals surface area contributed by atoms with E-state index in [1.54, 1.807) is 10.6 Å². The molecule has 2 unspecified atom stereocenters. The van der Waals surface area contributed by atoms with Gasteiger partial charge >= 0.3 is 0 Å². The van der Waals surface area contributed by atoms with Crippen LogP contribution in [0.3, 0.4) is 0 Å². The van der Waals surface area contributed by atoms with Crippen LogP contribution in [-0.4, -0.2) is 56.6 Å². The summed E-state index contributed by atoms with van der Waals surface area (Å²) in [5.74, 6) is -0.912. The molecular weight excluding hydrogens is 492 g/mol. The van der Waals surface area contributed by atoms with Crippen molar-refractivity contribution in [2.75, 3.05) is 36.5 Å². The summed E-state index contributed by atoms with van der Waals surface area (Å²) >= 11 is 0. The number of benzene rings is 1. The number of ether oxygens (including phenoxy) is 1. The van der Waals surface area contributed by atoms with Crippen molar-refractivity contribution in [2.45, 2.75) is 38.6 Å². The Morgan fingerprint density at radius 1 is 1.18 bits per heavy atom. The third-order valence-corrected chi connectivity index (χ3v) is 8.25. The molecule has 7 rings (SSSR count). The minimum atomic E-state index is -0.730. The summed E-state index contributed by atoms with van der Waals surface area (Å²) in [6.45, 7) is 6.31. The largest absolute Gasteiger partial charge is 0.378 e. The Hall–Kier alpha value is -3.86. The highest BCUT2D eigenvalue weighted by atomic mass is 19.1. The minimum Gasteiger partial charge on any atom is -0.378 e. The number of halogens is 2. The smallest absolute Gasteiger partial charge is 0.262 e. The average Bonchev–Trinajstić information content (AvgIpc) is 3.18. The van der Waals surface area contributed by atoms with Crippen molar-refractivity contribution >= 4 is 22.9 Å². The number of morpholine rings is 1. The van der Waals surface area contributed by atoms with Crippen LogP contribution in [0.5, 0.6) is 0 Å². The molecule has 4 aromatic rings. The molecule has 1 aromatic carbocycles. The fraction of sp³-hybridized carbons (Fsp3) is 0.407. The lowest BCUT2D eigenvalue weighted by Crippen LogP contribution is -2.36. The van der Waals surface area contributed by atoms with Gasteiger partial charge in [0.1, 0.15) is 17.2 Å². The monoisotopic (exact) mass is 519 g/mol. The van der Waals surface area contributed by atoms with E-state index in [0.29, 0.717) is 30.5 Å². The van der Waals surface area contributed by atoms with Gasteiger partial charge in [-0.3, -0.25) is 4.79 Å². The molecule has 1 amide bonds. The van der Waals surface area contributed by atoms with Crippen molar-refractivity contribution in [2.24, 2.45) is 5.92 Å². The van der Waals surface area contributed by atoms with E-state index in [9.17, 15) is 4.79 Å². The van der Waals surface area contributed by atoms with Gasteiger partial charge in [-0.25, -0.2) is 18.6 Å². The van der Waals surface area contributed by atoms with E-state index in [0.717, 1.165) is 54.8 Å². The summed E-state index contributed by atoms with van der Waals surface area (Å²) in [5, 5.41) is 11.2. The van der Waals surface area contributed by atoms with E-state index in [2.05, 4.69) is 25.4 Å². The highest BCUT2D eigenvalue weighted by Crippen LogP contribution is 2.65. The van der Waals surface area contributed by atoms with Gasteiger partial charge in [-0.05, 0) is 68.4 Å². The maximum absolute atomic E-state index is 15.1. The summed E-state index contributed by atoms with van der Waals surface area (Å²) in [5.41, 5.74) is 3.36. The lowest BCUT2D eigenvalue weighted by Gasteiger charge is -2.29. The number of hydrogen-bond acceptors (Lipinski definition) is 6. The van der Waals surface area contributed by atoms with Gasteiger partial charge in [0, 0.05) is 24.8 Å². The topological polar surface area (TPSA) is 89.6 Å². The number of aromatic nitrogens is 5. The molecule has 1 aliphatic heterocycles. The Morgan fingerprint density at radius 3 is 2.71 bits per heavy atom. The number of fused-ring (bicyclic) bond motifs is 2. The maximum atomic E-state index is 15.1. The van der Waals surface area contributed by atoms with Crippen molar-refractivity contribution in [3.05, 3.63) is 59.3 Å². The molecule has 0 spiro atoms. The number of nitrogens with one attached hydrogen (secondary N) is 1. The zero-order valence-corrected chi connectivity index (χ0v) is 21.2. The van der Waals surface area contributed by atoms with Gasteiger partial charge in [-0.2, -0.15) is 14.6 Å². The van der Waals surface area contributed by atoms with Gasteiger partial charge in [0.05, 0.1) is 36.3 Å². The lowest BCUT2D eigenvalue weighted by molar-refractivity contribution is 0.102. The third-order valence-electron chi connectivity index (χ3n) is 8.25. The molecule has 3 aromatic heterocycles. The number of aryl methyl sites for hydroxylation is 2. The number of nitrogens with zero attached hydrogens (tertiary/aromatic N) is 6. The fourth-order valence-corrected chi connectivity index (χ4v) is 5.94. The summed E-state index contributed by atoms with van der Waals surface area (Å²) in [7, 11) is 0. The van der Waals surface area contributed by atoms with Gasteiger partial charge in [0.2, 0.25) is 5.95 Å². The summed E-state index contributed by atoms with van der Waals surface area (Å²) in [6, 6.07) is 4.97. The van der Waals surface area contributed by atoms with Crippen LogP contribution in [0.1, 0.15) is 41.0 Å². The van der Waals surface area contributed by atoms with E-state index >= 15 is 8.78 Å². The zero-order chi connectivity index (χ0) is 26.2. The molecule has 1 N–H and O–H groups in total. The van der Waals surface area contributed by atoms with Crippen LogP contribution in [0.4, 0.5) is 20.2 Å². The first-order valence-corrected chi connectivity index (χ1v) is 12.9. The molecule has 4 heterocycles. The highest BCUT2D eigenvalue weighted by Gasteiger charge is 2.64. The zero-order valence-electron chi connectivity index (χ0n) is 21.2. The molecule has 11 heteroatoms. The van der Waals surface area contributed by atoms with Crippen molar-refractivity contribution in [3.8, 4) is 11.1 Å².